The number of carboxylic acid groups (broad SMARTS) is 1. The maximum absolute atomic E-state index is 14.4. The first-order valence-electron chi connectivity index (χ1n) is 17.9. The van der Waals surface area contributed by atoms with Crippen LogP contribution in [0, 0.1) is 0 Å². The molecular weight excluding hydrogens is 789 g/mol. The van der Waals surface area contributed by atoms with Gasteiger partial charge in [-0.25, -0.2) is 9.59 Å². The molecule has 3 aromatic carbocycles. The second-order valence-electron chi connectivity index (χ2n) is 14.1. The van der Waals surface area contributed by atoms with Crippen LogP contribution in [0.4, 0.5) is 29.3 Å². The molecular formula is C39H34ClF3N6O9. The van der Waals surface area contributed by atoms with E-state index in [1.54, 1.807) is 49.5 Å². The molecule has 19 heteroatoms. The number of anilines is 2. The number of benzene rings is 3. The molecule has 0 saturated carbocycles. The van der Waals surface area contributed by atoms with Crippen molar-refractivity contribution in [2.24, 2.45) is 0 Å². The number of rotatable bonds is 8. The van der Waals surface area contributed by atoms with Gasteiger partial charge in [0.25, 0.3) is 11.8 Å². The Morgan fingerprint density at radius 1 is 1.02 bits per heavy atom. The van der Waals surface area contributed by atoms with Crippen molar-refractivity contribution in [2.75, 3.05) is 63.0 Å². The topological polar surface area (TPSA) is 194 Å². The summed E-state index contributed by atoms with van der Waals surface area (Å²) in [4.78, 5) is 63.2. The summed E-state index contributed by atoms with van der Waals surface area (Å²) in [6.07, 6.45) is -6.15. The molecule has 3 amide bonds. The molecule has 8 rings (SSSR count). The fraction of sp³-hybridized carbons (Fsp3) is 0.282. The SMILES string of the molecule is COc1cccc2cc(C(=O)Nc3ccc4[nH]c(C(=O)N5C[C@@H](CCl)c6c5cc(OC(=O)N5CCN(C)CC5CO)c5[nH]c(C(F)(F)F)c(C(=O)O)c65)cc4c3)oc12. The molecule has 1 fully saturated rings. The fourth-order valence-corrected chi connectivity index (χ4v) is 8.01. The van der Waals surface area contributed by atoms with E-state index in [2.05, 4.69) is 15.3 Å². The van der Waals surface area contributed by atoms with Crippen LogP contribution in [0.25, 0.3) is 32.8 Å². The van der Waals surface area contributed by atoms with E-state index in [0.29, 0.717) is 46.4 Å². The number of nitrogens with zero attached hydrogens (tertiary/aromatic N) is 3. The van der Waals surface area contributed by atoms with Crippen molar-refractivity contribution in [2.45, 2.75) is 18.1 Å². The number of methoxy groups -OCH3 is 1. The van der Waals surface area contributed by atoms with Crippen molar-refractivity contribution in [1.29, 1.82) is 0 Å². The number of para-hydroxylation sites is 1. The third-order valence-corrected chi connectivity index (χ3v) is 10.9. The molecule has 5 heterocycles. The molecule has 2 aliphatic rings. The molecule has 6 aromatic rings. The number of likely N-dealkylation sites (N-methyl/N-ethyl adjacent to an activating group) is 1. The number of amides is 3. The predicted molar refractivity (Wildman–Crippen MR) is 206 cm³/mol. The lowest BCUT2D eigenvalue weighted by molar-refractivity contribution is -0.141. The summed E-state index contributed by atoms with van der Waals surface area (Å²) in [5.41, 5.74) is -1.72. The number of aliphatic hydroxyl groups excluding tert-OH is 1. The molecule has 2 aliphatic heterocycles. The van der Waals surface area contributed by atoms with E-state index < -0.39 is 76.5 Å². The summed E-state index contributed by atoms with van der Waals surface area (Å²) in [5.74, 6) is -4.07. The number of carboxylic acids is 1. The number of aliphatic hydroxyl groups is 1. The van der Waals surface area contributed by atoms with Crippen LogP contribution in [0.2, 0.25) is 0 Å². The highest BCUT2D eigenvalue weighted by molar-refractivity contribution is 6.20. The summed E-state index contributed by atoms with van der Waals surface area (Å²) >= 11 is 6.36. The highest BCUT2D eigenvalue weighted by atomic mass is 35.5. The smallest absolute Gasteiger partial charge is 0.432 e. The molecule has 302 valence electrons. The Morgan fingerprint density at radius 3 is 2.52 bits per heavy atom. The van der Waals surface area contributed by atoms with Gasteiger partial charge in [-0.1, -0.05) is 12.1 Å². The monoisotopic (exact) mass is 822 g/mol. The van der Waals surface area contributed by atoms with Crippen molar-refractivity contribution in [3.8, 4) is 11.5 Å². The number of carbonyl (C=O) groups is 4. The van der Waals surface area contributed by atoms with Gasteiger partial charge in [-0.2, -0.15) is 13.2 Å². The van der Waals surface area contributed by atoms with Gasteiger partial charge in [0.1, 0.15) is 11.4 Å². The second kappa shape index (κ2) is 14.6. The number of alkyl halides is 4. The van der Waals surface area contributed by atoms with Crippen LogP contribution in [0.3, 0.4) is 0 Å². The zero-order valence-corrected chi connectivity index (χ0v) is 31.5. The van der Waals surface area contributed by atoms with E-state index in [1.165, 1.54) is 29.0 Å². The van der Waals surface area contributed by atoms with Crippen molar-refractivity contribution in [1.82, 2.24) is 19.8 Å². The number of nitrogens with one attached hydrogen (secondary N) is 3. The zero-order chi connectivity index (χ0) is 41.2. The molecule has 0 bridgehead atoms. The number of aromatic carboxylic acids is 1. The van der Waals surface area contributed by atoms with Gasteiger partial charge in [0.2, 0.25) is 0 Å². The summed E-state index contributed by atoms with van der Waals surface area (Å²) in [7, 11) is 3.29. The number of fused-ring (bicyclic) bond motifs is 5. The van der Waals surface area contributed by atoms with Crippen LogP contribution in [0.15, 0.2) is 59.0 Å². The lowest BCUT2D eigenvalue weighted by Gasteiger charge is -2.38. The minimum Gasteiger partial charge on any atom is -0.493 e. The maximum atomic E-state index is 14.4. The Kier molecular flexibility index (Phi) is 9.73. The predicted octanol–water partition coefficient (Wildman–Crippen LogP) is 6.46. The molecule has 3 aromatic heterocycles. The van der Waals surface area contributed by atoms with E-state index in [0.717, 1.165) is 0 Å². The average Bonchev–Trinajstić information content (AvgIpc) is 3.99. The van der Waals surface area contributed by atoms with Gasteiger partial charge in [-0.05, 0) is 49.0 Å². The molecule has 2 atom stereocenters. The first-order valence-corrected chi connectivity index (χ1v) is 18.4. The number of carbonyl (C=O) groups excluding carboxylic acids is 3. The second-order valence-corrected chi connectivity index (χ2v) is 14.4. The minimum absolute atomic E-state index is 0.00710. The van der Waals surface area contributed by atoms with Crippen molar-refractivity contribution in [3.63, 3.8) is 0 Å². The molecule has 0 aliphatic carbocycles. The van der Waals surface area contributed by atoms with Gasteiger partial charge in [0.05, 0.1) is 36.5 Å². The van der Waals surface area contributed by atoms with Crippen molar-refractivity contribution in [3.05, 3.63) is 82.9 Å². The van der Waals surface area contributed by atoms with Crippen molar-refractivity contribution >= 4 is 79.6 Å². The van der Waals surface area contributed by atoms with E-state index >= 15 is 0 Å². The summed E-state index contributed by atoms with van der Waals surface area (Å²) in [6, 6.07) is 13.8. The number of aromatic amines is 2. The van der Waals surface area contributed by atoms with Crippen LogP contribution in [-0.4, -0.2) is 113 Å². The first kappa shape index (κ1) is 38.6. The normalized spacial score (nSPS) is 17.3. The van der Waals surface area contributed by atoms with Crippen LogP contribution >= 0.6 is 11.6 Å². The highest BCUT2D eigenvalue weighted by Crippen LogP contribution is 2.50. The Hall–Kier alpha value is -6.24. The standard InChI is InChI=1S/C39H34ClF3N6O9/c1-47-8-9-48(22(16-47)17-50)38(55)58-27-13-25-29(30-31(37(53)54)34(39(41,42)43)46-32(27)30)20(14-40)15-49(25)36(52)24-11-19-10-21(6-7-23(19)45-24)44-35(51)28-12-18-4-3-5-26(56-2)33(18)57-28/h3-7,10-13,20,22,45-46,50H,8-9,14-17H2,1-2H3,(H,44,51)(H,53,54)/t20-,22?/m1/s1. The number of aromatic nitrogens is 2. The molecule has 15 nitrogen and oxygen atoms in total. The first-order chi connectivity index (χ1) is 27.7. The number of furan rings is 1. The van der Waals surface area contributed by atoms with Gasteiger partial charge in [0, 0.05) is 71.4 Å². The number of ether oxygens (including phenoxy) is 2. The minimum atomic E-state index is -5.16. The number of halogens is 4. The Morgan fingerprint density at radius 2 is 1.81 bits per heavy atom. The molecule has 1 unspecified atom stereocenters. The van der Waals surface area contributed by atoms with Gasteiger partial charge in [0.15, 0.2) is 22.8 Å². The lowest BCUT2D eigenvalue weighted by atomic mass is 9.95. The van der Waals surface area contributed by atoms with E-state index in [-0.39, 0.29) is 41.7 Å². The summed E-state index contributed by atoms with van der Waals surface area (Å²) < 4.78 is 60.0. The van der Waals surface area contributed by atoms with Gasteiger partial charge < -0.3 is 49.2 Å². The van der Waals surface area contributed by atoms with Gasteiger partial charge in [-0.15, -0.1) is 11.6 Å². The van der Waals surface area contributed by atoms with Crippen LogP contribution in [-0.2, 0) is 6.18 Å². The maximum Gasteiger partial charge on any atom is 0.432 e. The highest BCUT2D eigenvalue weighted by Gasteiger charge is 2.44. The zero-order valence-electron chi connectivity index (χ0n) is 30.7. The van der Waals surface area contributed by atoms with E-state index in [1.807, 2.05) is 4.90 Å². The Labute approximate surface area is 330 Å². The summed E-state index contributed by atoms with van der Waals surface area (Å²) in [6.45, 7) is 0.277. The van der Waals surface area contributed by atoms with E-state index in [9.17, 15) is 42.6 Å². The van der Waals surface area contributed by atoms with E-state index in [4.69, 9.17) is 25.5 Å². The molecule has 0 radical (unpaired) electrons. The number of hydrogen-bond donors (Lipinski definition) is 5. The quantitative estimate of drug-likeness (QED) is 0.106. The van der Waals surface area contributed by atoms with Gasteiger partial charge in [-0.3, -0.25) is 14.5 Å². The third kappa shape index (κ3) is 6.61. The summed E-state index contributed by atoms with van der Waals surface area (Å²) in [5, 5.41) is 23.7. The molecule has 1 saturated heterocycles. The van der Waals surface area contributed by atoms with Crippen molar-refractivity contribution < 1.29 is 56.5 Å². The third-order valence-electron chi connectivity index (χ3n) is 10.5. The molecule has 0 spiro atoms. The van der Waals surface area contributed by atoms with Gasteiger partial charge >= 0.3 is 18.2 Å². The Bertz CT molecular complexity index is 2650. The number of piperazine rings is 1. The fourth-order valence-electron chi connectivity index (χ4n) is 7.76. The molecule has 58 heavy (non-hydrogen) atoms. The number of H-pyrrole nitrogens is 2. The molecule has 5 N–H and O–H groups in total. The number of hydrogen-bond acceptors (Lipinski definition) is 9. The van der Waals surface area contributed by atoms with Crippen LogP contribution in [0.5, 0.6) is 11.5 Å². The van der Waals surface area contributed by atoms with Crippen LogP contribution in [0.1, 0.15) is 48.6 Å². The average molecular weight is 823 g/mol. The largest absolute Gasteiger partial charge is 0.493 e. The Balaban J connectivity index is 1.16. The lowest BCUT2D eigenvalue weighted by Crippen LogP contribution is -2.56. The van der Waals surface area contributed by atoms with Crippen LogP contribution < -0.4 is 19.7 Å².